The summed E-state index contributed by atoms with van der Waals surface area (Å²) in [5.41, 5.74) is 0.992. The Hall–Kier alpha value is -3.48. The quantitative estimate of drug-likeness (QED) is 0.637. The predicted octanol–water partition coefficient (Wildman–Crippen LogP) is 3.78. The molecule has 3 rings (SSSR count). The molecule has 2 aromatic heterocycles. The zero-order chi connectivity index (χ0) is 19.1. The van der Waals surface area contributed by atoms with Crippen LogP contribution in [0, 0.1) is 0 Å². The van der Waals surface area contributed by atoms with Crippen molar-refractivity contribution in [3.8, 4) is 17.5 Å². The van der Waals surface area contributed by atoms with Gasteiger partial charge in [0.15, 0.2) is 6.67 Å². The maximum absolute atomic E-state index is 13.3. The number of aromatic nitrogens is 2. The van der Waals surface area contributed by atoms with Crippen LogP contribution in [0.3, 0.4) is 0 Å². The summed E-state index contributed by atoms with van der Waals surface area (Å²) in [6.07, 6.45) is 3.13. The van der Waals surface area contributed by atoms with Gasteiger partial charge < -0.3 is 14.4 Å². The molecule has 27 heavy (non-hydrogen) atoms. The number of ether oxygens (including phenoxy) is 2. The number of pyridine rings is 2. The van der Waals surface area contributed by atoms with Crippen molar-refractivity contribution in [3.63, 3.8) is 0 Å². The Morgan fingerprint density at radius 3 is 2.41 bits per heavy atom. The zero-order valence-corrected chi connectivity index (χ0v) is 14.7. The number of hydrogen-bond acceptors (Lipinski definition) is 5. The Balaban J connectivity index is 1.97. The molecule has 0 aliphatic carbocycles. The van der Waals surface area contributed by atoms with E-state index in [9.17, 15) is 9.18 Å². The number of methoxy groups -OCH3 is 1. The number of para-hydroxylation sites is 1. The first-order chi connectivity index (χ1) is 13.2. The van der Waals surface area contributed by atoms with E-state index in [-0.39, 0.29) is 12.4 Å². The van der Waals surface area contributed by atoms with Crippen LogP contribution in [0.1, 0.15) is 5.56 Å². The van der Waals surface area contributed by atoms with Gasteiger partial charge in [0.2, 0.25) is 11.8 Å². The molecule has 1 aromatic carbocycles. The summed E-state index contributed by atoms with van der Waals surface area (Å²) < 4.78 is 24.3. The molecule has 138 valence electrons. The van der Waals surface area contributed by atoms with Crippen molar-refractivity contribution < 1.29 is 18.7 Å². The van der Waals surface area contributed by atoms with Gasteiger partial charge in [-0.05, 0) is 30.3 Å². The van der Waals surface area contributed by atoms with E-state index in [2.05, 4.69) is 9.97 Å². The fourth-order valence-electron chi connectivity index (χ4n) is 2.54. The Morgan fingerprint density at radius 1 is 1.00 bits per heavy atom. The Kier molecular flexibility index (Phi) is 5.94. The number of halogens is 1. The number of amides is 1. The lowest BCUT2D eigenvalue weighted by molar-refractivity contribution is -0.119. The number of carbonyl (C=O) groups excluding carboxylic acids is 1. The van der Waals surface area contributed by atoms with Crippen molar-refractivity contribution in [1.82, 2.24) is 9.97 Å². The summed E-state index contributed by atoms with van der Waals surface area (Å²) in [5, 5.41) is 0. The molecule has 2 heterocycles. The third-order valence-electron chi connectivity index (χ3n) is 3.79. The maximum Gasteiger partial charge on any atom is 0.258 e. The highest BCUT2D eigenvalue weighted by molar-refractivity contribution is 5.95. The van der Waals surface area contributed by atoms with Crippen molar-refractivity contribution in [1.29, 1.82) is 0 Å². The molecule has 0 spiro atoms. The van der Waals surface area contributed by atoms with Gasteiger partial charge in [-0.2, -0.15) is 0 Å². The third kappa shape index (κ3) is 4.38. The number of rotatable bonds is 7. The second kappa shape index (κ2) is 8.75. The van der Waals surface area contributed by atoms with Crippen LogP contribution in [0.25, 0.3) is 0 Å². The van der Waals surface area contributed by atoms with E-state index < -0.39 is 12.6 Å². The summed E-state index contributed by atoms with van der Waals surface area (Å²) >= 11 is 0. The van der Waals surface area contributed by atoms with Crippen molar-refractivity contribution in [2.75, 3.05) is 18.7 Å². The number of hydrogen-bond donors (Lipinski definition) is 0. The van der Waals surface area contributed by atoms with Crippen LogP contribution >= 0.6 is 0 Å². The molecule has 0 bridgehead atoms. The highest BCUT2D eigenvalue weighted by atomic mass is 18.2. The first kappa shape index (κ1) is 18.3. The predicted molar refractivity (Wildman–Crippen MR) is 98.7 cm³/mol. The van der Waals surface area contributed by atoms with Crippen LogP contribution < -0.4 is 14.4 Å². The van der Waals surface area contributed by atoms with Crippen LogP contribution in [0.2, 0.25) is 0 Å². The number of alkyl halides is 1. The minimum Gasteiger partial charge on any atom is -0.481 e. The van der Waals surface area contributed by atoms with E-state index in [4.69, 9.17) is 9.47 Å². The van der Waals surface area contributed by atoms with E-state index in [1.807, 2.05) is 18.2 Å². The second-order valence-electron chi connectivity index (χ2n) is 5.53. The molecular weight excluding hydrogens is 348 g/mol. The van der Waals surface area contributed by atoms with Gasteiger partial charge in [0, 0.05) is 18.0 Å². The first-order valence-corrected chi connectivity index (χ1v) is 8.25. The highest BCUT2D eigenvalue weighted by Crippen LogP contribution is 2.32. The summed E-state index contributed by atoms with van der Waals surface area (Å²) in [4.78, 5) is 21.9. The normalized spacial score (nSPS) is 10.3. The largest absolute Gasteiger partial charge is 0.481 e. The van der Waals surface area contributed by atoms with E-state index in [1.165, 1.54) is 12.0 Å². The van der Waals surface area contributed by atoms with Crippen LogP contribution in [0.4, 0.5) is 10.1 Å². The van der Waals surface area contributed by atoms with Gasteiger partial charge in [-0.15, -0.1) is 0 Å². The van der Waals surface area contributed by atoms with Crippen LogP contribution in [-0.4, -0.2) is 29.7 Å². The van der Waals surface area contributed by atoms with Gasteiger partial charge >= 0.3 is 0 Å². The Labute approximate surface area is 156 Å². The minimum atomic E-state index is -1.15. The first-order valence-electron chi connectivity index (χ1n) is 8.25. The summed E-state index contributed by atoms with van der Waals surface area (Å²) in [5.74, 6) is 0.410. The van der Waals surface area contributed by atoms with Gasteiger partial charge in [0.1, 0.15) is 11.4 Å². The molecule has 1 amide bonds. The topological polar surface area (TPSA) is 64.5 Å². The monoisotopic (exact) mass is 366 g/mol. The van der Waals surface area contributed by atoms with Crippen LogP contribution in [0.15, 0.2) is 67.0 Å². The standard InChI is InChI=1S/C20H18FN3O3/c1-26-19-15(7-5-11-22-19)14-24(18(25)13-21)17-10-6-12-23-20(17)27-16-8-3-2-4-9-16/h2-12H,13-14H2,1H3/i21-1. The second-order valence-corrected chi connectivity index (χ2v) is 5.53. The van der Waals surface area contributed by atoms with Gasteiger partial charge in [-0.1, -0.05) is 24.3 Å². The Bertz CT molecular complexity index is 906. The van der Waals surface area contributed by atoms with Crippen molar-refractivity contribution >= 4 is 11.6 Å². The van der Waals surface area contributed by atoms with Crippen LogP contribution in [0.5, 0.6) is 17.5 Å². The van der Waals surface area contributed by atoms with Crippen molar-refractivity contribution in [2.45, 2.75) is 6.54 Å². The molecule has 0 atom stereocenters. The van der Waals surface area contributed by atoms with Gasteiger partial charge in [-0.25, -0.2) is 14.4 Å². The average Bonchev–Trinajstić information content (AvgIpc) is 2.73. The van der Waals surface area contributed by atoms with Crippen molar-refractivity contribution in [3.05, 3.63) is 72.6 Å². The lowest BCUT2D eigenvalue weighted by Crippen LogP contribution is -2.32. The molecule has 7 heteroatoms. The third-order valence-corrected chi connectivity index (χ3v) is 3.79. The molecule has 3 aromatic rings. The van der Waals surface area contributed by atoms with E-state index >= 15 is 0 Å². The number of carbonyl (C=O) groups is 1. The number of benzene rings is 1. The molecular formula is C20H18FN3O3. The molecule has 0 aliphatic heterocycles. The van der Waals surface area contributed by atoms with Gasteiger partial charge in [-0.3, -0.25) is 4.79 Å². The average molecular weight is 366 g/mol. The molecule has 6 nitrogen and oxygen atoms in total. The fraction of sp³-hybridized carbons (Fsp3) is 0.150. The van der Waals surface area contributed by atoms with Gasteiger partial charge in [0.05, 0.1) is 13.7 Å². The summed E-state index contributed by atoms with van der Waals surface area (Å²) in [6.45, 7) is -1.08. The highest BCUT2D eigenvalue weighted by Gasteiger charge is 2.22. The van der Waals surface area contributed by atoms with E-state index in [1.54, 1.807) is 48.8 Å². The number of nitrogens with zero attached hydrogens (tertiary/aromatic N) is 3. The lowest BCUT2D eigenvalue weighted by atomic mass is 10.2. The zero-order valence-electron chi connectivity index (χ0n) is 14.7. The molecule has 0 saturated carbocycles. The smallest absolute Gasteiger partial charge is 0.258 e. The SMILES string of the molecule is COc1ncccc1CN(C(=O)C[18F])c1cccnc1Oc1ccccc1. The van der Waals surface area contributed by atoms with E-state index in [0.717, 1.165) is 0 Å². The summed E-state index contributed by atoms with van der Waals surface area (Å²) in [7, 11) is 1.49. The fourth-order valence-corrected chi connectivity index (χ4v) is 2.54. The number of anilines is 1. The minimum absolute atomic E-state index is 0.0661. The van der Waals surface area contributed by atoms with E-state index in [0.29, 0.717) is 22.9 Å². The molecule has 0 saturated heterocycles. The molecule has 0 unspecified atom stereocenters. The maximum atomic E-state index is 13.3. The molecule has 0 N–H and O–H groups in total. The van der Waals surface area contributed by atoms with Gasteiger partial charge in [0.25, 0.3) is 5.91 Å². The van der Waals surface area contributed by atoms with Crippen molar-refractivity contribution in [2.24, 2.45) is 0 Å². The molecule has 0 radical (unpaired) electrons. The van der Waals surface area contributed by atoms with Crippen LogP contribution in [-0.2, 0) is 11.3 Å². The molecule has 0 fully saturated rings. The molecule has 0 aliphatic rings. The summed E-state index contributed by atoms with van der Waals surface area (Å²) in [6, 6.07) is 15.8. The Morgan fingerprint density at radius 2 is 1.70 bits per heavy atom. The lowest BCUT2D eigenvalue weighted by Gasteiger charge is -2.24.